The van der Waals surface area contributed by atoms with Crippen LogP contribution in [0.4, 0.5) is 10.5 Å². The molecule has 2 heterocycles. The van der Waals surface area contributed by atoms with Gasteiger partial charge in [0.1, 0.15) is 17.4 Å². The number of imide groups is 2. The van der Waals surface area contributed by atoms with Crippen LogP contribution in [0.1, 0.15) is 49.5 Å². The maximum Gasteiger partial charge on any atom is 0.410 e. The van der Waals surface area contributed by atoms with Gasteiger partial charge in [-0.1, -0.05) is 0 Å². The number of rotatable bonds is 5. The second kappa shape index (κ2) is 10.3. The van der Waals surface area contributed by atoms with Crippen molar-refractivity contribution in [3.05, 3.63) is 23.3 Å². The van der Waals surface area contributed by atoms with Gasteiger partial charge < -0.3 is 19.3 Å². The lowest BCUT2D eigenvalue weighted by atomic mass is 10.0. The molecule has 2 saturated heterocycles. The number of hydrogen-bond acceptors (Lipinski definition) is 8. The van der Waals surface area contributed by atoms with Gasteiger partial charge in [-0.05, 0) is 40.2 Å². The molecule has 0 aromatic heterocycles. The summed E-state index contributed by atoms with van der Waals surface area (Å²) in [5, 5.41) is 2.17. The minimum Gasteiger partial charge on any atom is -0.496 e. The van der Waals surface area contributed by atoms with Crippen molar-refractivity contribution in [2.45, 2.75) is 52.2 Å². The Bertz CT molecular complexity index is 1030. The van der Waals surface area contributed by atoms with Crippen molar-refractivity contribution in [2.75, 3.05) is 38.2 Å². The first-order chi connectivity index (χ1) is 16.4. The van der Waals surface area contributed by atoms with Crippen LogP contribution in [0, 0.1) is 6.92 Å². The van der Waals surface area contributed by atoms with Crippen LogP contribution in [-0.2, 0) is 19.1 Å². The molecule has 1 aromatic rings. The maximum absolute atomic E-state index is 13.4. The van der Waals surface area contributed by atoms with Gasteiger partial charge in [0, 0.05) is 55.5 Å². The highest BCUT2D eigenvalue weighted by molar-refractivity contribution is 6.08. The summed E-state index contributed by atoms with van der Waals surface area (Å²) in [6, 6.07) is 2.39. The lowest BCUT2D eigenvalue weighted by Gasteiger charge is -2.37. The SMILES string of the molecule is COc1cc(N2CCN(C(=O)OC(C)(C)C)CC2)cc(C(=O)N(C=O)C2CCC(=O)NC2=O)c1C. The number of hydrogen-bond donors (Lipinski definition) is 1. The van der Waals surface area contributed by atoms with E-state index >= 15 is 0 Å². The van der Waals surface area contributed by atoms with Crippen LogP contribution in [0.25, 0.3) is 0 Å². The monoisotopic (exact) mass is 488 g/mol. The highest BCUT2D eigenvalue weighted by atomic mass is 16.6. The number of ether oxygens (including phenoxy) is 2. The Labute approximate surface area is 204 Å². The summed E-state index contributed by atoms with van der Waals surface area (Å²) in [6.07, 6.45) is 0.0524. The average Bonchev–Trinajstić information content (AvgIpc) is 2.80. The molecule has 2 aliphatic rings. The van der Waals surface area contributed by atoms with Gasteiger partial charge in [0.05, 0.1) is 7.11 Å². The summed E-state index contributed by atoms with van der Waals surface area (Å²) in [7, 11) is 1.48. The van der Waals surface area contributed by atoms with Gasteiger partial charge >= 0.3 is 6.09 Å². The fourth-order valence-corrected chi connectivity index (χ4v) is 4.11. The normalized spacial score (nSPS) is 18.6. The molecule has 190 valence electrons. The third-order valence-corrected chi connectivity index (χ3v) is 5.99. The van der Waals surface area contributed by atoms with Gasteiger partial charge in [-0.15, -0.1) is 0 Å². The van der Waals surface area contributed by atoms with E-state index in [2.05, 4.69) is 5.32 Å². The molecule has 0 bridgehead atoms. The van der Waals surface area contributed by atoms with Crippen LogP contribution in [-0.4, -0.2) is 85.0 Å². The molecule has 1 atom stereocenters. The van der Waals surface area contributed by atoms with E-state index in [4.69, 9.17) is 9.47 Å². The van der Waals surface area contributed by atoms with E-state index in [1.54, 1.807) is 24.0 Å². The van der Waals surface area contributed by atoms with E-state index in [1.807, 2.05) is 25.7 Å². The molecule has 0 radical (unpaired) electrons. The van der Waals surface area contributed by atoms with Gasteiger partial charge in [0.25, 0.3) is 5.91 Å². The number of piperazine rings is 1. The van der Waals surface area contributed by atoms with Crippen molar-refractivity contribution >= 4 is 35.9 Å². The van der Waals surface area contributed by atoms with Gasteiger partial charge in [-0.2, -0.15) is 0 Å². The van der Waals surface area contributed by atoms with Gasteiger partial charge in [-0.3, -0.25) is 29.4 Å². The third-order valence-electron chi connectivity index (χ3n) is 5.99. The molecule has 3 rings (SSSR count). The number of piperidine rings is 1. The van der Waals surface area contributed by atoms with Crippen molar-refractivity contribution < 1.29 is 33.4 Å². The molecule has 1 aromatic carbocycles. The first-order valence-electron chi connectivity index (χ1n) is 11.5. The predicted molar refractivity (Wildman–Crippen MR) is 126 cm³/mol. The molecule has 5 amide bonds. The van der Waals surface area contributed by atoms with Crippen LogP contribution in [0.2, 0.25) is 0 Å². The van der Waals surface area contributed by atoms with Crippen LogP contribution in [0.3, 0.4) is 0 Å². The molecule has 0 saturated carbocycles. The van der Waals surface area contributed by atoms with Crippen LogP contribution in [0.15, 0.2) is 12.1 Å². The fraction of sp³-hybridized carbons (Fsp3) is 0.542. The molecule has 0 aliphatic carbocycles. The standard InChI is InChI=1S/C24H32N4O7/c1-15-17(22(32)28(14-29)18-6-7-20(30)25-21(18)31)12-16(13-19(15)34-5)26-8-10-27(11-9-26)23(33)35-24(2,3)4/h12-14,18H,6-11H2,1-5H3,(H,25,30,31). The molecule has 35 heavy (non-hydrogen) atoms. The number of nitrogens with zero attached hydrogens (tertiary/aromatic N) is 3. The molecule has 1 unspecified atom stereocenters. The molecule has 2 fully saturated rings. The first kappa shape index (κ1) is 26.0. The van der Waals surface area contributed by atoms with E-state index in [-0.39, 0.29) is 24.5 Å². The van der Waals surface area contributed by atoms with Gasteiger partial charge in [0.2, 0.25) is 18.2 Å². The zero-order valence-corrected chi connectivity index (χ0v) is 20.8. The molecule has 0 spiro atoms. The van der Waals surface area contributed by atoms with E-state index in [9.17, 15) is 24.0 Å². The first-order valence-corrected chi connectivity index (χ1v) is 11.5. The number of amides is 5. The Kier molecular flexibility index (Phi) is 7.67. The fourth-order valence-electron chi connectivity index (χ4n) is 4.11. The van der Waals surface area contributed by atoms with Crippen molar-refractivity contribution in [2.24, 2.45) is 0 Å². The number of methoxy groups -OCH3 is 1. The smallest absolute Gasteiger partial charge is 0.410 e. The van der Waals surface area contributed by atoms with Gasteiger partial charge in [0.15, 0.2) is 0 Å². The Balaban J connectivity index is 1.82. The highest BCUT2D eigenvalue weighted by Crippen LogP contribution is 2.31. The van der Waals surface area contributed by atoms with Crippen LogP contribution < -0.4 is 15.0 Å². The second-order valence-corrected chi connectivity index (χ2v) is 9.56. The summed E-state index contributed by atoms with van der Waals surface area (Å²) in [5.74, 6) is -1.32. The predicted octanol–water partition coefficient (Wildman–Crippen LogP) is 1.46. The van der Waals surface area contributed by atoms with E-state index in [1.165, 1.54) is 7.11 Å². The van der Waals surface area contributed by atoms with E-state index < -0.39 is 29.4 Å². The van der Waals surface area contributed by atoms with Crippen LogP contribution in [0.5, 0.6) is 5.75 Å². The maximum atomic E-state index is 13.4. The van der Waals surface area contributed by atoms with Crippen molar-refractivity contribution in [3.8, 4) is 5.75 Å². The summed E-state index contributed by atoms with van der Waals surface area (Å²) in [4.78, 5) is 65.8. The van der Waals surface area contributed by atoms with Crippen molar-refractivity contribution in [3.63, 3.8) is 0 Å². The highest BCUT2D eigenvalue weighted by Gasteiger charge is 2.36. The Morgan fingerprint density at radius 1 is 1.14 bits per heavy atom. The molecular weight excluding hydrogens is 456 g/mol. The summed E-state index contributed by atoms with van der Waals surface area (Å²) >= 11 is 0. The Morgan fingerprint density at radius 2 is 1.80 bits per heavy atom. The molecule has 11 heteroatoms. The van der Waals surface area contributed by atoms with E-state index in [0.29, 0.717) is 49.6 Å². The lowest BCUT2D eigenvalue weighted by Crippen LogP contribution is -2.54. The van der Waals surface area contributed by atoms with Crippen molar-refractivity contribution in [1.82, 2.24) is 15.1 Å². The summed E-state index contributed by atoms with van der Waals surface area (Å²) in [5.41, 5.74) is 0.841. The minimum absolute atomic E-state index is 0.0400. The quantitative estimate of drug-likeness (QED) is 0.488. The van der Waals surface area contributed by atoms with E-state index in [0.717, 1.165) is 4.90 Å². The Morgan fingerprint density at radius 3 is 2.34 bits per heavy atom. The summed E-state index contributed by atoms with van der Waals surface area (Å²) < 4.78 is 10.9. The third kappa shape index (κ3) is 5.90. The lowest BCUT2D eigenvalue weighted by molar-refractivity contribution is -0.139. The number of benzene rings is 1. The van der Waals surface area contributed by atoms with Crippen LogP contribution >= 0.6 is 0 Å². The summed E-state index contributed by atoms with van der Waals surface area (Å²) in [6.45, 7) is 9.02. The molecule has 11 nitrogen and oxygen atoms in total. The molecule has 1 N–H and O–H groups in total. The zero-order valence-electron chi connectivity index (χ0n) is 20.8. The minimum atomic E-state index is -1.07. The zero-order chi connectivity index (χ0) is 25.9. The number of carbonyl (C=O) groups excluding carboxylic acids is 5. The second-order valence-electron chi connectivity index (χ2n) is 9.56. The number of nitrogens with one attached hydrogen (secondary N) is 1. The van der Waals surface area contributed by atoms with Gasteiger partial charge in [-0.25, -0.2) is 4.79 Å². The Hall–Kier alpha value is -3.63. The average molecular weight is 489 g/mol. The van der Waals surface area contributed by atoms with Crippen molar-refractivity contribution in [1.29, 1.82) is 0 Å². The largest absolute Gasteiger partial charge is 0.496 e. The number of anilines is 1. The number of carbonyl (C=O) groups is 5. The topological polar surface area (TPSA) is 126 Å². The molecular formula is C24H32N4O7. The molecule has 2 aliphatic heterocycles.